The summed E-state index contributed by atoms with van der Waals surface area (Å²) in [4.78, 5) is 4.31. The molecule has 0 bridgehead atoms. The van der Waals surface area contributed by atoms with Crippen molar-refractivity contribution in [2.24, 2.45) is 0 Å². The number of hydrogen-bond donors (Lipinski definition) is 3. The summed E-state index contributed by atoms with van der Waals surface area (Å²) in [5.74, 6) is 2.02. The lowest BCUT2D eigenvalue weighted by molar-refractivity contribution is 0.296. The van der Waals surface area contributed by atoms with Gasteiger partial charge in [0, 0.05) is 36.2 Å². The molecule has 19 heavy (non-hydrogen) atoms. The second-order valence-corrected chi connectivity index (χ2v) is 5.44. The number of benzene rings is 1. The maximum absolute atomic E-state index is 8.70. The Labute approximate surface area is 117 Å². The van der Waals surface area contributed by atoms with E-state index in [0.717, 1.165) is 41.1 Å². The van der Waals surface area contributed by atoms with Gasteiger partial charge in [0.2, 0.25) is 0 Å². The minimum atomic E-state index is 0.273. The number of anilines is 2. The van der Waals surface area contributed by atoms with Crippen LogP contribution in [-0.2, 0) is 0 Å². The Morgan fingerprint density at radius 2 is 2.16 bits per heavy atom. The Morgan fingerprint density at radius 1 is 1.26 bits per heavy atom. The van der Waals surface area contributed by atoms with Crippen LogP contribution in [0.15, 0.2) is 30.5 Å². The number of aromatic nitrogens is 1. The maximum atomic E-state index is 8.70. The molecule has 0 spiro atoms. The van der Waals surface area contributed by atoms with Crippen LogP contribution in [0.5, 0.6) is 0 Å². The number of aliphatic hydroxyl groups is 1. The maximum Gasteiger partial charge on any atom is 0.0951 e. The Balaban J connectivity index is 1.96. The van der Waals surface area contributed by atoms with E-state index >= 15 is 0 Å². The molecule has 4 N–H and O–H groups in total. The Morgan fingerprint density at radius 3 is 3.00 bits per heavy atom. The van der Waals surface area contributed by atoms with Crippen LogP contribution in [0, 0.1) is 0 Å². The molecule has 0 saturated heterocycles. The van der Waals surface area contributed by atoms with Crippen LogP contribution < -0.4 is 11.1 Å². The van der Waals surface area contributed by atoms with Gasteiger partial charge < -0.3 is 16.2 Å². The highest BCUT2D eigenvalue weighted by molar-refractivity contribution is 7.99. The normalized spacial score (nSPS) is 10.8. The van der Waals surface area contributed by atoms with Crippen LogP contribution in [0.4, 0.5) is 11.4 Å². The van der Waals surface area contributed by atoms with Crippen molar-refractivity contribution in [2.75, 3.05) is 35.7 Å². The summed E-state index contributed by atoms with van der Waals surface area (Å²) in [6.45, 7) is 1.17. The summed E-state index contributed by atoms with van der Waals surface area (Å²) in [6.07, 6.45) is 2.62. The third-order valence-electron chi connectivity index (χ3n) is 2.81. The zero-order valence-corrected chi connectivity index (χ0v) is 11.6. The Bertz CT molecular complexity index is 533. The van der Waals surface area contributed by atoms with Crippen molar-refractivity contribution in [3.8, 4) is 0 Å². The zero-order chi connectivity index (χ0) is 13.5. The average molecular weight is 277 g/mol. The highest BCUT2D eigenvalue weighted by Gasteiger charge is 2.03. The number of nitrogens with one attached hydrogen (secondary N) is 1. The Hall–Kier alpha value is -1.46. The molecule has 5 heteroatoms. The fourth-order valence-corrected chi connectivity index (χ4v) is 2.66. The van der Waals surface area contributed by atoms with E-state index in [-0.39, 0.29) is 6.61 Å². The molecule has 1 aromatic heterocycles. The molecule has 2 rings (SSSR count). The summed E-state index contributed by atoms with van der Waals surface area (Å²) >= 11 is 1.84. The lowest BCUT2D eigenvalue weighted by Crippen LogP contribution is -2.05. The van der Waals surface area contributed by atoms with Gasteiger partial charge in [-0.25, -0.2) is 0 Å². The first kappa shape index (κ1) is 14.0. The van der Waals surface area contributed by atoms with Crippen molar-refractivity contribution in [2.45, 2.75) is 6.42 Å². The molecular formula is C14H19N3OS. The van der Waals surface area contributed by atoms with Crippen LogP contribution in [0.1, 0.15) is 6.42 Å². The van der Waals surface area contributed by atoms with E-state index in [0.29, 0.717) is 5.69 Å². The molecule has 4 nitrogen and oxygen atoms in total. The smallest absolute Gasteiger partial charge is 0.0951 e. The summed E-state index contributed by atoms with van der Waals surface area (Å²) < 4.78 is 0. The van der Waals surface area contributed by atoms with Crippen molar-refractivity contribution < 1.29 is 5.11 Å². The fraction of sp³-hybridized carbons (Fsp3) is 0.357. The summed E-state index contributed by atoms with van der Waals surface area (Å²) in [7, 11) is 0. The van der Waals surface area contributed by atoms with Crippen LogP contribution in [-0.4, -0.2) is 34.7 Å². The van der Waals surface area contributed by atoms with Crippen LogP contribution >= 0.6 is 11.8 Å². The first-order valence-electron chi connectivity index (χ1n) is 6.38. The predicted octanol–water partition coefficient (Wildman–Crippen LogP) is 2.34. The SMILES string of the molecule is Nc1ccc(NCCSCCCO)c2cccnc12. The minimum absolute atomic E-state index is 0.273. The molecule has 0 fully saturated rings. The third-order valence-corrected chi connectivity index (χ3v) is 3.88. The van der Waals surface area contributed by atoms with Gasteiger partial charge in [-0.05, 0) is 36.4 Å². The first-order chi connectivity index (χ1) is 9.33. The van der Waals surface area contributed by atoms with E-state index in [9.17, 15) is 0 Å². The van der Waals surface area contributed by atoms with Gasteiger partial charge in [-0.15, -0.1) is 0 Å². The second-order valence-electron chi connectivity index (χ2n) is 4.22. The van der Waals surface area contributed by atoms with Gasteiger partial charge in [-0.1, -0.05) is 0 Å². The van der Waals surface area contributed by atoms with E-state index in [4.69, 9.17) is 10.8 Å². The van der Waals surface area contributed by atoms with Gasteiger partial charge in [0.05, 0.1) is 11.2 Å². The van der Waals surface area contributed by atoms with E-state index in [1.807, 2.05) is 36.0 Å². The molecular weight excluding hydrogens is 258 g/mol. The van der Waals surface area contributed by atoms with E-state index in [1.165, 1.54) is 0 Å². The minimum Gasteiger partial charge on any atom is -0.397 e. The molecule has 0 atom stereocenters. The molecule has 1 heterocycles. The average Bonchev–Trinajstić information content (AvgIpc) is 2.45. The quantitative estimate of drug-likeness (QED) is 0.535. The highest BCUT2D eigenvalue weighted by atomic mass is 32.2. The number of aliphatic hydroxyl groups excluding tert-OH is 1. The number of pyridine rings is 1. The molecule has 1 aromatic carbocycles. The third kappa shape index (κ3) is 3.75. The van der Waals surface area contributed by atoms with Crippen LogP contribution in [0.2, 0.25) is 0 Å². The zero-order valence-electron chi connectivity index (χ0n) is 10.8. The number of thioether (sulfide) groups is 1. The fourth-order valence-electron chi connectivity index (χ4n) is 1.88. The summed E-state index contributed by atoms with van der Waals surface area (Å²) in [6, 6.07) is 7.83. The molecule has 0 radical (unpaired) electrons. The standard InChI is InChI=1S/C14H19N3OS/c15-12-4-5-13(11-3-1-6-17-14(11)12)16-7-10-19-9-2-8-18/h1,3-6,16,18H,2,7-10,15H2. The molecule has 2 aromatic rings. The van der Waals surface area contributed by atoms with Gasteiger partial charge in [0.1, 0.15) is 0 Å². The van der Waals surface area contributed by atoms with E-state index in [1.54, 1.807) is 6.20 Å². The molecule has 0 amide bonds. The van der Waals surface area contributed by atoms with Crippen molar-refractivity contribution in [3.63, 3.8) is 0 Å². The summed E-state index contributed by atoms with van der Waals surface area (Å²) in [5, 5.41) is 13.2. The number of nitrogen functional groups attached to an aromatic ring is 1. The largest absolute Gasteiger partial charge is 0.397 e. The second kappa shape index (κ2) is 7.21. The van der Waals surface area contributed by atoms with Gasteiger partial charge in [0.25, 0.3) is 0 Å². The lowest BCUT2D eigenvalue weighted by atomic mass is 10.1. The number of nitrogens with two attached hydrogens (primary N) is 1. The van der Waals surface area contributed by atoms with E-state index in [2.05, 4.69) is 10.3 Å². The Kier molecular flexibility index (Phi) is 5.30. The number of hydrogen-bond acceptors (Lipinski definition) is 5. The monoisotopic (exact) mass is 277 g/mol. The van der Waals surface area contributed by atoms with Gasteiger partial charge in [0.15, 0.2) is 0 Å². The van der Waals surface area contributed by atoms with Gasteiger partial charge in [-0.2, -0.15) is 11.8 Å². The van der Waals surface area contributed by atoms with Crippen LogP contribution in [0.25, 0.3) is 10.9 Å². The number of nitrogens with zero attached hydrogens (tertiary/aromatic N) is 1. The van der Waals surface area contributed by atoms with Gasteiger partial charge >= 0.3 is 0 Å². The molecule has 0 unspecified atom stereocenters. The predicted molar refractivity (Wildman–Crippen MR) is 83.7 cm³/mol. The van der Waals surface area contributed by atoms with E-state index < -0.39 is 0 Å². The van der Waals surface area contributed by atoms with Crippen molar-refractivity contribution >= 4 is 34.0 Å². The molecule has 102 valence electrons. The van der Waals surface area contributed by atoms with Crippen molar-refractivity contribution in [1.82, 2.24) is 4.98 Å². The lowest BCUT2D eigenvalue weighted by Gasteiger charge is -2.10. The van der Waals surface area contributed by atoms with Crippen LogP contribution in [0.3, 0.4) is 0 Å². The topological polar surface area (TPSA) is 71.2 Å². The molecule has 0 aliphatic heterocycles. The number of fused-ring (bicyclic) bond motifs is 1. The van der Waals surface area contributed by atoms with Crippen molar-refractivity contribution in [3.05, 3.63) is 30.5 Å². The molecule has 0 saturated carbocycles. The summed E-state index contributed by atoms with van der Waals surface area (Å²) in [5.41, 5.74) is 8.54. The molecule has 0 aliphatic rings. The highest BCUT2D eigenvalue weighted by Crippen LogP contribution is 2.26. The van der Waals surface area contributed by atoms with Crippen molar-refractivity contribution in [1.29, 1.82) is 0 Å². The number of rotatable bonds is 7. The van der Waals surface area contributed by atoms with Gasteiger partial charge in [-0.3, -0.25) is 4.98 Å². The first-order valence-corrected chi connectivity index (χ1v) is 7.54. The molecule has 0 aliphatic carbocycles.